The number of aryl methyl sites for hydroxylation is 2. The van der Waals surface area contributed by atoms with E-state index in [-0.39, 0.29) is 0 Å². The molecule has 1 atom stereocenters. The van der Waals surface area contributed by atoms with Gasteiger partial charge in [0, 0.05) is 21.8 Å². The van der Waals surface area contributed by atoms with Crippen LogP contribution in [0.25, 0.3) is 0 Å². The van der Waals surface area contributed by atoms with Gasteiger partial charge in [-0.3, -0.25) is 4.21 Å². The van der Waals surface area contributed by atoms with E-state index in [0.717, 1.165) is 11.7 Å². The van der Waals surface area contributed by atoms with Crippen molar-refractivity contribution in [3.05, 3.63) is 35.4 Å². The van der Waals surface area contributed by atoms with E-state index in [1.807, 2.05) is 0 Å². The fourth-order valence-corrected chi connectivity index (χ4v) is 4.92. The highest BCUT2D eigenvalue weighted by Gasteiger charge is 2.23. The maximum atomic E-state index is 12.0. The van der Waals surface area contributed by atoms with E-state index in [2.05, 4.69) is 45.0 Å². The van der Waals surface area contributed by atoms with Gasteiger partial charge in [0.1, 0.15) is 0 Å². The molecule has 1 nitrogen and oxygen atoms in total. The summed E-state index contributed by atoms with van der Waals surface area (Å²) >= 11 is 0. The Labute approximate surface area is 152 Å². The summed E-state index contributed by atoms with van der Waals surface area (Å²) in [5, 5.41) is 0.322. The van der Waals surface area contributed by atoms with Crippen molar-refractivity contribution in [3.63, 3.8) is 0 Å². The molecule has 1 aromatic rings. The minimum absolute atomic E-state index is 0.322. The quantitative estimate of drug-likeness (QED) is 0.541. The van der Waals surface area contributed by atoms with E-state index >= 15 is 0 Å². The molecule has 1 aromatic carbocycles. The molecule has 24 heavy (non-hydrogen) atoms. The first-order valence-corrected chi connectivity index (χ1v) is 11.4. The third kappa shape index (κ3) is 6.70. The minimum Gasteiger partial charge on any atom is -0.259 e. The zero-order valence-corrected chi connectivity index (χ0v) is 16.7. The van der Waals surface area contributed by atoms with Crippen LogP contribution in [0.3, 0.4) is 0 Å². The Morgan fingerprint density at radius 1 is 0.958 bits per heavy atom. The topological polar surface area (TPSA) is 17.1 Å². The van der Waals surface area contributed by atoms with Crippen molar-refractivity contribution in [1.82, 2.24) is 0 Å². The van der Waals surface area contributed by atoms with Crippen LogP contribution in [0.4, 0.5) is 0 Å². The normalized spacial score (nSPS) is 22.7. The number of rotatable bonds is 9. The molecule has 1 saturated carbocycles. The standard InChI is InChI=1S/C22H36OS/c1-4-5-6-19-7-9-20(10-8-19)11-12-21-13-15-22(16-14-21)17-24(23)18(2)3/h7-10,18,21-22H,4-6,11-17H2,1-3H3. The highest BCUT2D eigenvalue weighted by molar-refractivity contribution is 7.85. The monoisotopic (exact) mass is 348 g/mol. The molecule has 2 heteroatoms. The van der Waals surface area contributed by atoms with Gasteiger partial charge in [-0.15, -0.1) is 0 Å². The average molecular weight is 349 g/mol. The zero-order chi connectivity index (χ0) is 17.4. The summed E-state index contributed by atoms with van der Waals surface area (Å²) < 4.78 is 12.0. The lowest BCUT2D eigenvalue weighted by Crippen LogP contribution is -2.22. The van der Waals surface area contributed by atoms with E-state index in [4.69, 9.17) is 0 Å². The molecule has 136 valence electrons. The fourth-order valence-electron chi connectivity index (χ4n) is 3.74. The van der Waals surface area contributed by atoms with Crippen LogP contribution in [-0.4, -0.2) is 15.2 Å². The molecule has 1 fully saturated rings. The SMILES string of the molecule is CCCCc1ccc(CCC2CCC(CS(=O)C(C)C)CC2)cc1. The van der Waals surface area contributed by atoms with Crippen molar-refractivity contribution in [2.75, 3.05) is 5.75 Å². The van der Waals surface area contributed by atoms with Crippen LogP contribution in [0.15, 0.2) is 24.3 Å². The molecule has 0 aromatic heterocycles. The van der Waals surface area contributed by atoms with Gasteiger partial charge in [0.15, 0.2) is 0 Å². The Kier molecular flexibility index (Phi) is 8.52. The molecule has 1 unspecified atom stereocenters. The predicted octanol–water partition coefficient (Wildman–Crippen LogP) is 5.93. The number of hydrogen-bond acceptors (Lipinski definition) is 1. The number of benzene rings is 1. The molecule has 0 amide bonds. The first-order valence-electron chi connectivity index (χ1n) is 10.0. The van der Waals surface area contributed by atoms with Crippen LogP contribution in [-0.2, 0) is 23.6 Å². The van der Waals surface area contributed by atoms with Gasteiger partial charge < -0.3 is 0 Å². The van der Waals surface area contributed by atoms with E-state index in [1.54, 1.807) is 0 Å². The van der Waals surface area contributed by atoms with E-state index in [0.29, 0.717) is 11.2 Å². The molecule has 0 aliphatic heterocycles. The molecule has 0 saturated heterocycles. The molecule has 0 spiro atoms. The Hall–Kier alpha value is -0.630. The number of unbranched alkanes of at least 4 members (excludes halogenated alkanes) is 1. The molecule has 0 heterocycles. The molecule has 1 aliphatic rings. The van der Waals surface area contributed by atoms with Crippen molar-refractivity contribution in [3.8, 4) is 0 Å². The first-order chi connectivity index (χ1) is 11.6. The summed E-state index contributed by atoms with van der Waals surface area (Å²) in [6.45, 7) is 6.41. The third-order valence-electron chi connectivity index (χ3n) is 5.58. The van der Waals surface area contributed by atoms with Crippen molar-refractivity contribution in [2.45, 2.75) is 83.8 Å². The predicted molar refractivity (Wildman–Crippen MR) is 107 cm³/mol. The van der Waals surface area contributed by atoms with Gasteiger partial charge in [0.2, 0.25) is 0 Å². The lowest BCUT2D eigenvalue weighted by atomic mass is 9.80. The molecule has 1 aliphatic carbocycles. The van der Waals surface area contributed by atoms with Crippen molar-refractivity contribution < 1.29 is 4.21 Å². The third-order valence-corrected chi connectivity index (χ3v) is 7.43. The average Bonchev–Trinajstić information content (AvgIpc) is 2.60. The van der Waals surface area contributed by atoms with Crippen molar-refractivity contribution in [1.29, 1.82) is 0 Å². The number of hydrogen-bond donors (Lipinski definition) is 0. The molecular formula is C22H36OS. The molecular weight excluding hydrogens is 312 g/mol. The summed E-state index contributed by atoms with van der Waals surface area (Å²) in [7, 11) is -0.619. The van der Waals surface area contributed by atoms with Crippen LogP contribution in [0, 0.1) is 11.8 Å². The van der Waals surface area contributed by atoms with Crippen LogP contribution >= 0.6 is 0 Å². The van der Waals surface area contributed by atoms with Gasteiger partial charge in [0.25, 0.3) is 0 Å². The summed E-state index contributed by atoms with van der Waals surface area (Å²) in [6, 6.07) is 9.32. The van der Waals surface area contributed by atoms with Gasteiger partial charge in [-0.05, 0) is 61.5 Å². The smallest absolute Gasteiger partial charge is 0.0291 e. The molecule has 2 rings (SSSR count). The highest BCUT2D eigenvalue weighted by Crippen LogP contribution is 2.32. The van der Waals surface area contributed by atoms with Crippen LogP contribution < -0.4 is 0 Å². The molecule has 0 radical (unpaired) electrons. The van der Waals surface area contributed by atoms with E-state index < -0.39 is 10.8 Å². The Balaban J connectivity index is 1.68. The molecule has 0 bridgehead atoms. The van der Waals surface area contributed by atoms with Gasteiger partial charge in [-0.25, -0.2) is 0 Å². The van der Waals surface area contributed by atoms with Gasteiger partial charge in [-0.1, -0.05) is 64.3 Å². The summed E-state index contributed by atoms with van der Waals surface area (Å²) in [4.78, 5) is 0. The van der Waals surface area contributed by atoms with Gasteiger partial charge in [-0.2, -0.15) is 0 Å². The van der Waals surface area contributed by atoms with Crippen LogP contribution in [0.2, 0.25) is 0 Å². The van der Waals surface area contributed by atoms with Crippen molar-refractivity contribution >= 4 is 10.8 Å². The lowest BCUT2D eigenvalue weighted by Gasteiger charge is -2.28. The maximum Gasteiger partial charge on any atom is 0.0291 e. The lowest BCUT2D eigenvalue weighted by molar-refractivity contribution is 0.280. The highest BCUT2D eigenvalue weighted by atomic mass is 32.2. The van der Waals surface area contributed by atoms with E-state index in [9.17, 15) is 4.21 Å². The molecule has 0 N–H and O–H groups in total. The second kappa shape index (κ2) is 10.4. The van der Waals surface area contributed by atoms with Gasteiger partial charge >= 0.3 is 0 Å². The van der Waals surface area contributed by atoms with Gasteiger partial charge in [0.05, 0.1) is 0 Å². The van der Waals surface area contributed by atoms with Crippen LogP contribution in [0.1, 0.15) is 76.8 Å². The second-order valence-corrected chi connectivity index (χ2v) is 9.98. The van der Waals surface area contributed by atoms with Crippen LogP contribution in [0.5, 0.6) is 0 Å². The minimum atomic E-state index is -0.619. The Morgan fingerprint density at radius 2 is 1.50 bits per heavy atom. The Morgan fingerprint density at radius 3 is 2.04 bits per heavy atom. The fraction of sp³-hybridized carbons (Fsp3) is 0.727. The first kappa shape index (κ1) is 19.7. The summed E-state index contributed by atoms with van der Waals surface area (Å²) in [5.41, 5.74) is 2.98. The van der Waals surface area contributed by atoms with Crippen molar-refractivity contribution in [2.24, 2.45) is 11.8 Å². The summed E-state index contributed by atoms with van der Waals surface area (Å²) in [6.07, 6.45) is 11.6. The maximum absolute atomic E-state index is 12.0. The largest absolute Gasteiger partial charge is 0.259 e. The zero-order valence-electron chi connectivity index (χ0n) is 15.9. The summed E-state index contributed by atoms with van der Waals surface area (Å²) in [5.74, 6) is 2.53. The Bertz CT molecular complexity index is 483. The van der Waals surface area contributed by atoms with E-state index in [1.165, 1.54) is 68.9 Å². The second-order valence-electron chi connectivity index (χ2n) is 7.94.